The third-order valence-corrected chi connectivity index (χ3v) is 6.16. The van der Waals surface area contributed by atoms with Crippen molar-refractivity contribution in [2.45, 2.75) is 58.3 Å². The average molecular weight is 445 g/mol. The molecule has 170 valence electrons. The average Bonchev–Trinajstić information content (AvgIpc) is 2.85. The first-order valence-corrected chi connectivity index (χ1v) is 11.9. The van der Waals surface area contributed by atoms with Gasteiger partial charge in [0.25, 0.3) is 0 Å². The molecule has 4 aromatic rings. The Hall–Kier alpha value is -3.14. The Labute approximate surface area is 194 Å². The molecule has 3 aromatic carbocycles. The number of nitrogens with zero attached hydrogens (tertiary/aromatic N) is 2. The molecule has 0 N–H and O–H groups in total. The number of aromatic nitrogens is 2. The lowest BCUT2D eigenvalue weighted by molar-refractivity contribution is 0.619. The SMILES string of the molecule is CCCCCCCc1cnc(-c2ccc3c(F)c(CCc4ccc(F)cc4)ccc3c2)nc1. The van der Waals surface area contributed by atoms with Gasteiger partial charge in [-0.2, -0.15) is 0 Å². The lowest BCUT2D eigenvalue weighted by Crippen LogP contribution is -1.97. The maximum absolute atomic E-state index is 15.1. The number of aryl methyl sites for hydroxylation is 3. The summed E-state index contributed by atoms with van der Waals surface area (Å²) in [7, 11) is 0. The Balaban J connectivity index is 1.43. The van der Waals surface area contributed by atoms with Gasteiger partial charge in [-0.15, -0.1) is 0 Å². The van der Waals surface area contributed by atoms with Crippen molar-refractivity contribution in [3.63, 3.8) is 0 Å². The van der Waals surface area contributed by atoms with Gasteiger partial charge in [-0.05, 0) is 66.0 Å². The molecule has 33 heavy (non-hydrogen) atoms. The van der Waals surface area contributed by atoms with Gasteiger partial charge in [0.05, 0.1) is 0 Å². The van der Waals surface area contributed by atoms with Crippen LogP contribution in [0.5, 0.6) is 0 Å². The molecule has 0 saturated carbocycles. The van der Waals surface area contributed by atoms with Gasteiger partial charge in [0, 0.05) is 23.3 Å². The van der Waals surface area contributed by atoms with Crippen LogP contribution in [0.2, 0.25) is 0 Å². The van der Waals surface area contributed by atoms with E-state index in [-0.39, 0.29) is 11.6 Å². The Morgan fingerprint density at radius 1 is 0.697 bits per heavy atom. The number of fused-ring (bicyclic) bond motifs is 1. The summed E-state index contributed by atoms with van der Waals surface area (Å²) in [5.41, 5.74) is 3.70. The molecule has 0 unspecified atom stereocenters. The monoisotopic (exact) mass is 444 g/mol. The number of benzene rings is 3. The standard InChI is InChI=1S/C29H30F2N2/c1-2-3-4-5-6-7-22-19-32-29(33-20-22)25-14-17-27-24(18-25)13-12-23(28(27)31)11-8-21-9-15-26(30)16-10-21/h9-10,12-20H,2-8,11H2,1H3. The van der Waals surface area contributed by atoms with Crippen LogP contribution in [0, 0.1) is 11.6 Å². The Kier molecular flexibility index (Phi) is 7.77. The highest BCUT2D eigenvalue weighted by atomic mass is 19.1. The van der Waals surface area contributed by atoms with Crippen molar-refractivity contribution in [2.75, 3.05) is 0 Å². The van der Waals surface area contributed by atoms with E-state index in [2.05, 4.69) is 16.9 Å². The maximum atomic E-state index is 15.1. The van der Waals surface area contributed by atoms with Gasteiger partial charge in [0.2, 0.25) is 0 Å². The van der Waals surface area contributed by atoms with Crippen LogP contribution in [0.15, 0.2) is 67.0 Å². The van der Waals surface area contributed by atoms with E-state index in [1.54, 1.807) is 12.1 Å². The van der Waals surface area contributed by atoms with Crippen molar-refractivity contribution >= 4 is 10.8 Å². The minimum Gasteiger partial charge on any atom is -0.236 e. The van der Waals surface area contributed by atoms with Gasteiger partial charge in [0.15, 0.2) is 5.82 Å². The molecule has 0 fully saturated rings. The molecule has 0 aliphatic rings. The van der Waals surface area contributed by atoms with Crippen LogP contribution in [-0.4, -0.2) is 9.97 Å². The molecule has 0 atom stereocenters. The fraction of sp³-hybridized carbons (Fsp3) is 0.310. The summed E-state index contributed by atoms with van der Waals surface area (Å²) in [5.74, 6) is 0.209. The smallest absolute Gasteiger partial charge is 0.159 e. The first kappa shape index (κ1) is 23.0. The quantitative estimate of drug-likeness (QED) is 0.233. The zero-order chi connectivity index (χ0) is 23.0. The fourth-order valence-corrected chi connectivity index (χ4v) is 4.16. The van der Waals surface area contributed by atoms with E-state index in [0.29, 0.717) is 29.6 Å². The maximum Gasteiger partial charge on any atom is 0.159 e. The second kappa shape index (κ2) is 11.1. The molecule has 4 rings (SSSR count). The molecule has 0 bridgehead atoms. The Morgan fingerprint density at radius 2 is 1.45 bits per heavy atom. The van der Waals surface area contributed by atoms with Crippen LogP contribution < -0.4 is 0 Å². The van der Waals surface area contributed by atoms with Crippen molar-refractivity contribution in [3.8, 4) is 11.4 Å². The number of hydrogen-bond donors (Lipinski definition) is 0. The highest BCUT2D eigenvalue weighted by Gasteiger charge is 2.10. The van der Waals surface area contributed by atoms with Crippen LogP contribution in [-0.2, 0) is 19.3 Å². The minimum atomic E-state index is -0.257. The van der Waals surface area contributed by atoms with Gasteiger partial charge in [-0.1, -0.05) is 69.0 Å². The van der Waals surface area contributed by atoms with Crippen molar-refractivity contribution in [2.24, 2.45) is 0 Å². The molecule has 0 saturated heterocycles. The lowest BCUT2D eigenvalue weighted by Gasteiger charge is -2.09. The van der Waals surface area contributed by atoms with Gasteiger partial charge in [0.1, 0.15) is 11.6 Å². The summed E-state index contributed by atoms with van der Waals surface area (Å²) < 4.78 is 28.2. The minimum absolute atomic E-state index is 0.194. The molecule has 2 nitrogen and oxygen atoms in total. The van der Waals surface area contributed by atoms with Crippen molar-refractivity contribution in [1.29, 1.82) is 0 Å². The number of halogens is 2. The number of unbranched alkanes of at least 4 members (excludes halogenated alkanes) is 4. The second-order valence-electron chi connectivity index (χ2n) is 8.68. The largest absolute Gasteiger partial charge is 0.236 e. The van der Waals surface area contributed by atoms with E-state index in [1.165, 1.54) is 44.2 Å². The van der Waals surface area contributed by atoms with E-state index in [0.717, 1.165) is 28.5 Å². The Bertz CT molecular complexity index is 1180. The number of rotatable bonds is 10. The van der Waals surface area contributed by atoms with Gasteiger partial charge in [-0.25, -0.2) is 18.7 Å². The van der Waals surface area contributed by atoms with Crippen molar-refractivity contribution in [1.82, 2.24) is 9.97 Å². The zero-order valence-corrected chi connectivity index (χ0v) is 19.2. The highest BCUT2D eigenvalue weighted by molar-refractivity contribution is 5.87. The molecule has 4 heteroatoms. The third kappa shape index (κ3) is 6.01. The molecule has 0 aliphatic heterocycles. The number of hydrogen-bond acceptors (Lipinski definition) is 2. The predicted octanol–water partition coefficient (Wildman–Crippen LogP) is 7.87. The Morgan fingerprint density at radius 3 is 2.21 bits per heavy atom. The molecule has 1 heterocycles. The van der Waals surface area contributed by atoms with Gasteiger partial charge >= 0.3 is 0 Å². The molecular formula is C29H30F2N2. The molecule has 0 aliphatic carbocycles. The molecule has 0 spiro atoms. The molecule has 0 radical (unpaired) electrons. The fourth-order valence-electron chi connectivity index (χ4n) is 4.16. The lowest BCUT2D eigenvalue weighted by atomic mass is 9.99. The molecule has 0 amide bonds. The summed E-state index contributed by atoms with van der Waals surface area (Å²) in [5, 5.41) is 1.43. The highest BCUT2D eigenvalue weighted by Crippen LogP contribution is 2.27. The third-order valence-electron chi connectivity index (χ3n) is 6.16. The summed E-state index contributed by atoms with van der Waals surface area (Å²) >= 11 is 0. The molecular weight excluding hydrogens is 414 g/mol. The van der Waals surface area contributed by atoms with E-state index in [9.17, 15) is 4.39 Å². The van der Waals surface area contributed by atoms with E-state index in [1.807, 2.05) is 42.7 Å². The van der Waals surface area contributed by atoms with E-state index in [4.69, 9.17) is 0 Å². The van der Waals surface area contributed by atoms with Crippen LogP contribution in [0.3, 0.4) is 0 Å². The van der Waals surface area contributed by atoms with Crippen molar-refractivity contribution in [3.05, 3.63) is 95.3 Å². The van der Waals surface area contributed by atoms with Gasteiger partial charge in [-0.3, -0.25) is 0 Å². The molecule has 1 aromatic heterocycles. The zero-order valence-electron chi connectivity index (χ0n) is 19.2. The normalized spacial score (nSPS) is 11.2. The van der Waals surface area contributed by atoms with Crippen LogP contribution in [0.4, 0.5) is 8.78 Å². The second-order valence-corrected chi connectivity index (χ2v) is 8.68. The topological polar surface area (TPSA) is 25.8 Å². The predicted molar refractivity (Wildman–Crippen MR) is 131 cm³/mol. The summed E-state index contributed by atoms with van der Waals surface area (Å²) in [6.07, 6.45) is 12.3. The first-order valence-electron chi connectivity index (χ1n) is 11.9. The summed E-state index contributed by atoms with van der Waals surface area (Å²) in [6.45, 7) is 2.23. The van der Waals surface area contributed by atoms with Crippen molar-refractivity contribution < 1.29 is 8.78 Å². The summed E-state index contributed by atoms with van der Waals surface area (Å²) in [4.78, 5) is 9.10. The van der Waals surface area contributed by atoms with E-state index < -0.39 is 0 Å². The summed E-state index contributed by atoms with van der Waals surface area (Å²) in [6, 6.07) is 15.8. The first-order chi connectivity index (χ1) is 16.1. The van der Waals surface area contributed by atoms with Crippen LogP contribution in [0.25, 0.3) is 22.2 Å². The van der Waals surface area contributed by atoms with Gasteiger partial charge < -0.3 is 0 Å². The van der Waals surface area contributed by atoms with E-state index >= 15 is 4.39 Å². The van der Waals surface area contributed by atoms with Crippen LogP contribution >= 0.6 is 0 Å². The van der Waals surface area contributed by atoms with Crippen LogP contribution in [0.1, 0.15) is 55.7 Å².